The van der Waals surface area contributed by atoms with Crippen LogP contribution in [0.2, 0.25) is 0 Å². The van der Waals surface area contributed by atoms with Crippen molar-refractivity contribution in [3.63, 3.8) is 0 Å². The lowest BCUT2D eigenvalue weighted by atomic mass is 9.99. The number of aryl methyl sites for hydroxylation is 1. The second-order valence-electron chi connectivity index (χ2n) is 6.96. The zero-order chi connectivity index (χ0) is 19.9. The van der Waals surface area contributed by atoms with Crippen LogP contribution in [0.5, 0.6) is 0 Å². The maximum absolute atomic E-state index is 10.7. The first-order chi connectivity index (χ1) is 12.9. The maximum Gasteiger partial charge on any atom is 0.191 e. The number of nitrogens with one attached hydrogen (secondary N) is 2. The minimum atomic E-state index is -1.14. The quantitative estimate of drug-likeness (QED) is 0.458. The number of nitrogens with zero attached hydrogens (tertiary/aromatic N) is 2. The summed E-state index contributed by atoms with van der Waals surface area (Å²) in [6, 6.07) is 5.60. The zero-order valence-corrected chi connectivity index (χ0v) is 17.0. The third-order valence-corrected chi connectivity index (χ3v) is 4.59. The molecule has 0 amide bonds. The van der Waals surface area contributed by atoms with E-state index in [0.29, 0.717) is 30.7 Å². The maximum atomic E-state index is 10.7. The largest absolute Gasteiger partial charge is 0.463 e. The van der Waals surface area contributed by atoms with Gasteiger partial charge < -0.3 is 24.7 Å². The van der Waals surface area contributed by atoms with Crippen LogP contribution in [0, 0.1) is 6.92 Å². The Morgan fingerprint density at radius 1 is 1.26 bits per heavy atom. The summed E-state index contributed by atoms with van der Waals surface area (Å²) in [7, 11) is 0. The smallest absolute Gasteiger partial charge is 0.191 e. The molecule has 0 aliphatic rings. The monoisotopic (exact) mass is 376 g/mol. The van der Waals surface area contributed by atoms with Gasteiger partial charge in [0.1, 0.15) is 23.7 Å². The fourth-order valence-electron chi connectivity index (χ4n) is 2.87. The Morgan fingerprint density at radius 3 is 2.59 bits per heavy atom. The van der Waals surface area contributed by atoms with Gasteiger partial charge in [0.25, 0.3) is 0 Å². The molecule has 3 N–H and O–H groups in total. The summed E-state index contributed by atoms with van der Waals surface area (Å²) in [5, 5.41) is 21.2. The summed E-state index contributed by atoms with van der Waals surface area (Å²) in [6.45, 7) is 11.2. The normalized spacial score (nSPS) is 14.4. The van der Waals surface area contributed by atoms with Crippen LogP contribution in [0.15, 0.2) is 32.1 Å². The van der Waals surface area contributed by atoms with E-state index in [-0.39, 0.29) is 6.54 Å². The SMILES string of the molecule is CCNC(=NCc1cc(C(CC)CC)no1)NCC(C)(O)c1ccc(C)o1. The van der Waals surface area contributed by atoms with E-state index in [4.69, 9.17) is 8.94 Å². The van der Waals surface area contributed by atoms with Crippen molar-refractivity contribution in [3.8, 4) is 0 Å². The number of hydrogen-bond acceptors (Lipinski definition) is 5. The minimum absolute atomic E-state index is 0.265. The molecule has 0 radical (unpaired) electrons. The van der Waals surface area contributed by atoms with Crippen LogP contribution >= 0.6 is 0 Å². The molecule has 0 fully saturated rings. The standard InChI is InChI=1S/C20H32N4O3/c1-6-15(7-2)17-11-16(27-24-17)12-22-19(21-8-3)23-13-20(5,25)18-10-9-14(4)26-18/h9-11,15,25H,6-8,12-13H2,1-5H3,(H2,21,22,23). The first kappa shape index (κ1) is 21.0. The third-order valence-electron chi connectivity index (χ3n) is 4.59. The summed E-state index contributed by atoms with van der Waals surface area (Å²) in [6.07, 6.45) is 2.08. The molecule has 1 atom stereocenters. The van der Waals surface area contributed by atoms with Gasteiger partial charge >= 0.3 is 0 Å². The molecule has 150 valence electrons. The fourth-order valence-corrected chi connectivity index (χ4v) is 2.87. The number of aliphatic imine (C=N–C) groups is 1. The molecule has 0 saturated carbocycles. The van der Waals surface area contributed by atoms with E-state index in [0.717, 1.165) is 30.1 Å². The van der Waals surface area contributed by atoms with Gasteiger partial charge in [0.15, 0.2) is 11.7 Å². The first-order valence-electron chi connectivity index (χ1n) is 9.66. The lowest BCUT2D eigenvalue weighted by molar-refractivity contribution is 0.0378. The lowest BCUT2D eigenvalue weighted by Gasteiger charge is -2.22. The predicted octanol–water partition coefficient (Wildman–Crippen LogP) is 3.44. The van der Waals surface area contributed by atoms with Gasteiger partial charge in [-0.15, -0.1) is 0 Å². The summed E-state index contributed by atoms with van der Waals surface area (Å²) >= 11 is 0. The van der Waals surface area contributed by atoms with E-state index < -0.39 is 5.60 Å². The highest BCUT2D eigenvalue weighted by Crippen LogP contribution is 2.23. The van der Waals surface area contributed by atoms with Gasteiger partial charge in [-0.25, -0.2) is 4.99 Å². The lowest BCUT2D eigenvalue weighted by Crippen LogP contribution is -2.44. The molecule has 7 nitrogen and oxygen atoms in total. The summed E-state index contributed by atoms with van der Waals surface area (Å²) in [5.41, 5.74) is -0.154. The number of furan rings is 1. The molecule has 0 spiro atoms. The van der Waals surface area contributed by atoms with Gasteiger partial charge in [0, 0.05) is 18.5 Å². The predicted molar refractivity (Wildman–Crippen MR) is 106 cm³/mol. The average molecular weight is 377 g/mol. The van der Waals surface area contributed by atoms with Crippen molar-refractivity contribution in [1.82, 2.24) is 15.8 Å². The minimum Gasteiger partial charge on any atom is -0.463 e. The van der Waals surface area contributed by atoms with E-state index in [1.165, 1.54) is 0 Å². The molecule has 0 bridgehead atoms. The van der Waals surface area contributed by atoms with Gasteiger partial charge in [-0.3, -0.25) is 0 Å². The molecule has 0 saturated heterocycles. The number of guanidine groups is 1. The Kier molecular flexibility index (Phi) is 7.47. The van der Waals surface area contributed by atoms with E-state index in [1.54, 1.807) is 13.0 Å². The van der Waals surface area contributed by atoms with Gasteiger partial charge in [-0.05, 0) is 45.7 Å². The number of rotatable bonds is 9. The molecule has 0 aliphatic heterocycles. The van der Waals surface area contributed by atoms with Crippen molar-refractivity contribution in [3.05, 3.63) is 41.2 Å². The van der Waals surface area contributed by atoms with E-state index in [1.807, 2.05) is 26.0 Å². The van der Waals surface area contributed by atoms with Gasteiger partial charge in [0.2, 0.25) is 0 Å². The highest BCUT2D eigenvalue weighted by Gasteiger charge is 2.27. The van der Waals surface area contributed by atoms with Gasteiger partial charge in [-0.2, -0.15) is 0 Å². The van der Waals surface area contributed by atoms with Crippen molar-refractivity contribution in [2.75, 3.05) is 13.1 Å². The van der Waals surface area contributed by atoms with Crippen molar-refractivity contribution in [2.24, 2.45) is 4.99 Å². The van der Waals surface area contributed by atoms with Crippen molar-refractivity contribution < 1.29 is 14.0 Å². The first-order valence-corrected chi connectivity index (χ1v) is 9.66. The van der Waals surface area contributed by atoms with Crippen molar-refractivity contribution >= 4 is 5.96 Å². The van der Waals surface area contributed by atoms with Crippen LogP contribution in [-0.4, -0.2) is 29.3 Å². The second-order valence-corrected chi connectivity index (χ2v) is 6.96. The molecule has 7 heteroatoms. The summed E-state index contributed by atoms with van der Waals surface area (Å²) in [4.78, 5) is 4.53. The Balaban J connectivity index is 1.99. The topological polar surface area (TPSA) is 95.8 Å². The summed E-state index contributed by atoms with van der Waals surface area (Å²) < 4.78 is 11.0. The molecular formula is C20H32N4O3. The Morgan fingerprint density at radius 2 is 2.00 bits per heavy atom. The molecule has 2 rings (SSSR count). The molecule has 1 unspecified atom stereocenters. The van der Waals surface area contributed by atoms with Crippen LogP contribution in [0.3, 0.4) is 0 Å². The van der Waals surface area contributed by atoms with E-state index in [2.05, 4.69) is 34.6 Å². The highest BCUT2D eigenvalue weighted by atomic mass is 16.5. The summed E-state index contributed by atoms with van der Waals surface area (Å²) in [5.74, 6) is 3.03. The number of hydrogen-bond donors (Lipinski definition) is 3. The van der Waals surface area contributed by atoms with Crippen LogP contribution in [0.4, 0.5) is 0 Å². The number of aliphatic hydroxyl groups is 1. The highest BCUT2D eigenvalue weighted by molar-refractivity contribution is 5.79. The molecular weight excluding hydrogens is 344 g/mol. The van der Waals surface area contributed by atoms with Gasteiger partial charge in [0.05, 0.1) is 12.2 Å². The molecule has 27 heavy (non-hydrogen) atoms. The van der Waals surface area contributed by atoms with Crippen molar-refractivity contribution in [2.45, 2.75) is 65.5 Å². The van der Waals surface area contributed by atoms with E-state index >= 15 is 0 Å². The Hall–Kier alpha value is -2.28. The molecule has 2 heterocycles. The van der Waals surface area contributed by atoms with E-state index in [9.17, 15) is 5.11 Å². The Bertz CT molecular complexity index is 729. The van der Waals surface area contributed by atoms with Crippen LogP contribution < -0.4 is 10.6 Å². The molecule has 2 aromatic rings. The Labute approximate surface area is 161 Å². The van der Waals surface area contributed by atoms with Crippen LogP contribution in [0.25, 0.3) is 0 Å². The third kappa shape index (κ3) is 5.85. The average Bonchev–Trinajstić information content (AvgIpc) is 3.28. The van der Waals surface area contributed by atoms with Crippen molar-refractivity contribution in [1.29, 1.82) is 0 Å². The molecule has 0 aromatic carbocycles. The molecule has 0 aliphatic carbocycles. The molecule has 2 aromatic heterocycles. The van der Waals surface area contributed by atoms with Crippen LogP contribution in [0.1, 0.15) is 69.4 Å². The zero-order valence-electron chi connectivity index (χ0n) is 17.0. The second kappa shape index (κ2) is 9.60. The van der Waals surface area contributed by atoms with Crippen LogP contribution in [-0.2, 0) is 12.1 Å². The van der Waals surface area contributed by atoms with Gasteiger partial charge in [-0.1, -0.05) is 19.0 Å². The fraction of sp³-hybridized carbons (Fsp3) is 0.600. The number of aromatic nitrogens is 1.